The molecule has 0 fully saturated rings. The second-order valence-corrected chi connectivity index (χ2v) is 6.84. The normalized spacial score (nSPS) is 11.9. The summed E-state index contributed by atoms with van der Waals surface area (Å²) >= 11 is 7.35. The lowest BCUT2D eigenvalue weighted by atomic mass is 10.3. The molecule has 0 spiro atoms. The van der Waals surface area contributed by atoms with Gasteiger partial charge in [0.05, 0.1) is 0 Å². The van der Waals surface area contributed by atoms with Crippen molar-refractivity contribution in [2.24, 2.45) is 0 Å². The van der Waals surface area contributed by atoms with E-state index in [0.29, 0.717) is 6.54 Å². The molecule has 0 N–H and O–H groups in total. The molecule has 0 saturated heterocycles. The van der Waals surface area contributed by atoms with Crippen molar-refractivity contribution in [1.29, 1.82) is 0 Å². The summed E-state index contributed by atoms with van der Waals surface area (Å²) in [6.45, 7) is 0.317. The van der Waals surface area contributed by atoms with E-state index in [1.54, 1.807) is 6.07 Å². The van der Waals surface area contributed by atoms with E-state index in [1.807, 2.05) is 16.8 Å². The largest absolute Gasteiger partial charge is 0.246 e. The van der Waals surface area contributed by atoms with Gasteiger partial charge in [0.15, 0.2) is 0 Å². The van der Waals surface area contributed by atoms with Crippen LogP contribution in [0.2, 0.25) is 5.15 Å². The number of hydrogen-bond donors (Lipinski definition) is 0. The molecule has 2 rings (SSSR count). The number of halogens is 1. The Bertz CT molecular complexity index is 626. The smallest absolute Gasteiger partial charge is 0.243 e. The third kappa shape index (κ3) is 2.72. The third-order valence-electron chi connectivity index (χ3n) is 2.40. The van der Waals surface area contributed by atoms with E-state index >= 15 is 0 Å². The molecule has 0 bridgehead atoms. The first-order valence-corrected chi connectivity index (χ1v) is 7.86. The Morgan fingerprint density at radius 1 is 1.44 bits per heavy atom. The van der Waals surface area contributed by atoms with Crippen molar-refractivity contribution in [3.8, 4) is 0 Å². The minimum Gasteiger partial charge on any atom is -0.243 e. The van der Waals surface area contributed by atoms with E-state index in [4.69, 9.17) is 11.6 Å². The van der Waals surface area contributed by atoms with E-state index in [0.717, 1.165) is 5.56 Å². The first-order chi connectivity index (χ1) is 8.51. The Morgan fingerprint density at radius 3 is 2.83 bits per heavy atom. The molecular formula is C11H11ClN2O2S2. The maximum absolute atomic E-state index is 12.3. The van der Waals surface area contributed by atoms with Crippen molar-refractivity contribution >= 4 is 33.0 Å². The Hall–Kier alpha value is -0.950. The first kappa shape index (κ1) is 13.5. The van der Waals surface area contributed by atoms with E-state index in [9.17, 15) is 8.42 Å². The minimum atomic E-state index is -3.60. The number of thiophene rings is 1. The Balaban J connectivity index is 2.29. The predicted octanol–water partition coefficient (Wildman–Crippen LogP) is 2.62. The zero-order valence-corrected chi connectivity index (χ0v) is 12.0. The van der Waals surface area contributed by atoms with Gasteiger partial charge in [-0.3, -0.25) is 0 Å². The van der Waals surface area contributed by atoms with Gasteiger partial charge in [0.1, 0.15) is 10.0 Å². The van der Waals surface area contributed by atoms with Crippen LogP contribution >= 0.6 is 22.9 Å². The van der Waals surface area contributed by atoms with Gasteiger partial charge in [0.2, 0.25) is 10.0 Å². The number of nitrogens with zero attached hydrogens (tertiary/aromatic N) is 2. The van der Waals surface area contributed by atoms with Crippen molar-refractivity contribution in [2.75, 3.05) is 7.05 Å². The maximum Gasteiger partial charge on any atom is 0.246 e. The second-order valence-electron chi connectivity index (χ2n) is 3.69. The molecule has 0 aliphatic heterocycles. The molecule has 0 aliphatic carbocycles. The van der Waals surface area contributed by atoms with Crippen molar-refractivity contribution in [2.45, 2.75) is 11.4 Å². The summed E-state index contributed by atoms with van der Waals surface area (Å²) < 4.78 is 25.8. The number of hydrogen-bond acceptors (Lipinski definition) is 4. The van der Waals surface area contributed by atoms with Crippen LogP contribution in [0, 0.1) is 0 Å². The monoisotopic (exact) mass is 302 g/mol. The Kier molecular flexibility index (Phi) is 4.01. The van der Waals surface area contributed by atoms with Gasteiger partial charge < -0.3 is 0 Å². The quantitative estimate of drug-likeness (QED) is 0.816. The van der Waals surface area contributed by atoms with Crippen molar-refractivity contribution in [1.82, 2.24) is 9.29 Å². The standard InChI is InChI=1S/C11H11ClN2O2S2/c1-14(7-9-4-6-17-8-9)18(15,16)10-3-2-5-13-11(10)12/h2-6,8H,7H2,1H3. The van der Waals surface area contributed by atoms with Gasteiger partial charge in [-0.05, 0) is 34.5 Å². The van der Waals surface area contributed by atoms with E-state index < -0.39 is 10.0 Å². The Morgan fingerprint density at radius 2 is 2.22 bits per heavy atom. The van der Waals surface area contributed by atoms with E-state index in [2.05, 4.69) is 4.98 Å². The fraction of sp³-hybridized carbons (Fsp3) is 0.182. The number of rotatable bonds is 4. The summed E-state index contributed by atoms with van der Waals surface area (Å²) in [5.74, 6) is 0. The fourth-order valence-corrected chi connectivity index (χ4v) is 3.70. The van der Waals surface area contributed by atoms with Gasteiger partial charge in [-0.1, -0.05) is 11.6 Å². The van der Waals surface area contributed by atoms with Gasteiger partial charge in [0.25, 0.3) is 0 Å². The molecule has 18 heavy (non-hydrogen) atoms. The maximum atomic E-state index is 12.3. The van der Waals surface area contributed by atoms with Crippen LogP contribution in [-0.4, -0.2) is 24.8 Å². The molecule has 0 amide bonds. The minimum absolute atomic E-state index is 0.00494. The zero-order chi connectivity index (χ0) is 13.2. The van der Waals surface area contributed by atoms with E-state index in [1.165, 1.54) is 35.0 Å². The second kappa shape index (κ2) is 5.36. The number of aromatic nitrogens is 1. The fourth-order valence-electron chi connectivity index (χ4n) is 1.46. The van der Waals surface area contributed by atoms with Crippen LogP contribution in [0.5, 0.6) is 0 Å². The third-order valence-corrected chi connectivity index (χ3v) is 5.38. The highest BCUT2D eigenvalue weighted by Crippen LogP contribution is 2.22. The topological polar surface area (TPSA) is 50.3 Å². The van der Waals surface area contributed by atoms with Gasteiger partial charge in [-0.25, -0.2) is 13.4 Å². The van der Waals surface area contributed by atoms with Gasteiger partial charge in [-0.15, -0.1) is 0 Å². The molecule has 0 aliphatic rings. The zero-order valence-electron chi connectivity index (χ0n) is 9.58. The average molecular weight is 303 g/mol. The molecule has 0 radical (unpaired) electrons. The molecule has 0 atom stereocenters. The Labute approximate surface area is 115 Å². The lowest BCUT2D eigenvalue weighted by molar-refractivity contribution is 0.467. The first-order valence-electron chi connectivity index (χ1n) is 5.10. The molecule has 2 heterocycles. The van der Waals surface area contributed by atoms with E-state index in [-0.39, 0.29) is 10.0 Å². The molecule has 96 valence electrons. The number of pyridine rings is 1. The SMILES string of the molecule is CN(Cc1ccsc1)S(=O)(=O)c1cccnc1Cl. The molecule has 0 unspecified atom stereocenters. The van der Waals surface area contributed by atoms with Gasteiger partial charge in [-0.2, -0.15) is 15.6 Å². The van der Waals surface area contributed by atoms with Crippen LogP contribution in [0.15, 0.2) is 40.1 Å². The summed E-state index contributed by atoms with van der Waals surface area (Å²) in [5.41, 5.74) is 0.950. The van der Waals surface area contributed by atoms with Crippen molar-refractivity contribution in [3.63, 3.8) is 0 Å². The molecule has 7 heteroatoms. The average Bonchev–Trinajstić information content (AvgIpc) is 2.82. The predicted molar refractivity (Wildman–Crippen MR) is 72.2 cm³/mol. The van der Waals surface area contributed by atoms with Crippen LogP contribution < -0.4 is 0 Å². The highest BCUT2D eigenvalue weighted by atomic mass is 35.5. The molecule has 4 nitrogen and oxygen atoms in total. The summed E-state index contributed by atoms with van der Waals surface area (Å²) in [6, 6.07) is 4.90. The number of sulfonamides is 1. The summed E-state index contributed by atoms with van der Waals surface area (Å²) in [4.78, 5) is 3.82. The lowest BCUT2D eigenvalue weighted by Gasteiger charge is -2.16. The van der Waals surface area contributed by atoms with Crippen molar-refractivity contribution in [3.05, 3.63) is 45.9 Å². The van der Waals surface area contributed by atoms with Crippen molar-refractivity contribution < 1.29 is 8.42 Å². The van der Waals surface area contributed by atoms with Gasteiger partial charge >= 0.3 is 0 Å². The van der Waals surface area contributed by atoms with Gasteiger partial charge in [0, 0.05) is 19.8 Å². The summed E-state index contributed by atoms with van der Waals surface area (Å²) in [7, 11) is -2.08. The highest BCUT2D eigenvalue weighted by molar-refractivity contribution is 7.89. The van der Waals surface area contributed by atoms with Crippen LogP contribution in [0.1, 0.15) is 5.56 Å². The molecule has 0 saturated carbocycles. The summed E-state index contributed by atoms with van der Waals surface area (Å²) in [5, 5.41) is 3.82. The highest BCUT2D eigenvalue weighted by Gasteiger charge is 2.24. The molecule has 0 aromatic carbocycles. The lowest BCUT2D eigenvalue weighted by Crippen LogP contribution is -2.26. The molecule has 2 aromatic rings. The van der Waals surface area contributed by atoms with Crippen LogP contribution in [0.25, 0.3) is 0 Å². The van der Waals surface area contributed by atoms with Crippen LogP contribution in [-0.2, 0) is 16.6 Å². The molecule has 2 aromatic heterocycles. The van der Waals surface area contributed by atoms with Crippen LogP contribution in [0.4, 0.5) is 0 Å². The molecular weight excluding hydrogens is 292 g/mol. The van der Waals surface area contributed by atoms with Crippen LogP contribution in [0.3, 0.4) is 0 Å². The summed E-state index contributed by atoms with van der Waals surface area (Å²) in [6.07, 6.45) is 1.46.